The summed E-state index contributed by atoms with van der Waals surface area (Å²) in [5, 5.41) is 13.6. The van der Waals surface area contributed by atoms with Gasteiger partial charge in [-0.1, -0.05) is 12.1 Å². The van der Waals surface area contributed by atoms with E-state index in [-0.39, 0.29) is 29.6 Å². The summed E-state index contributed by atoms with van der Waals surface area (Å²) < 4.78 is 8.75. The summed E-state index contributed by atoms with van der Waals surface area (Å²) in [6, 6.07) is 8.71. The molecule has 4 rings (SSSR count). The number of phenols is 1. The summed E-state index contributed by atoms with van der Waals surface area (Å²) in [6.07, 6.45) is 4.28. The topological polar surface area (TPSA) is 86.4 Å². The molecule has 0 radical (unpaired) electrons. The fourth-order valence-electron chi connectivity index (χ4n) is 3.68. The first-order valence-electron chi connectivity index (χ1n) is 9.14. The molecule has 144 valence electrons. The van der Waals surface area contributed by atoms with Crippen molar-refractivity contribution in [3.05, 3.63) is 75.5 Å². The van der Waals surface area contributed by atoms with Crippen LogP contribution in [0, 0.1) is 6.92 Å². The predicted octanol–water partition coefficient (Wildman–Crippen LogP) is 2.28. The molecule has 0 aliphatic carbocycles. The Bertz CT molecular complexity index is 1100. The number of phenolic OH excluding ortho intramolecular Hbond substituents is 1. The fourth-order valence-corrected chi connectivity index (χ4v) is 3.68. The molecule has 1 aromatic carbocycles. The Morgan fingerprint density at radius 2 is 2.00 bits per heavy atom. The van der Waals surface area contributed by atoms with E-state index in [0.29, 0.717) is 24.3 Å². The first kappa shape index (κ1) is 18.0. The van der Waals surface area contributed by atoms with E-state index in [2.05, 4.69) is 5.10 Å². The molecule has 1 aliphatic heterocycles. The molecule has 28 heavy (non-hydrogen) atoms. The number of hydrogen-bond acceptors (Lipinski definition) is 5. The van der Waals surface area contributed by atoms with Crippen LogP contribution in [0.3, 0.4) is 0 Å². The fraction of sp³-hybridized carbons (Fsp3) is 0.286. The Morgan fingerprint density at radius 3 is 2.68 bits per heavy atom. The van der Waals surface area contributed by atoms with Crippen LogP contribution in [0.4, 0.5) is 0 Å². The van der Waals surface area contributed by atoms with Gasteiger partial charge < -0.3 is 14.4 Å². The number of pyridine rings is 1. The lowest BCUT2D eigenvalue weighted by molar-refractivity contribution is -0.135. The third kappa shape index (κ3) is 3.31. The number of esters is 1. The highest BCUT2D eigenvalue weighted by Crippen LogP contribution is 2.36. The smallest absolute Gasteiger partial charge is 0.312 e. The van der Waals surface area contributed by atoms with Crippen LogP contribution in [0.5, 0.6) is 11.5 Å². The second kappa shape index (κ2) is 6.99. The van der Waals surface area contributed by atoms with Gasteiger partial charge in [0.25, 0.3) is 5.56 Å². The van der Waals surface area contributed by atoms with Crippen LogP contribution in [-0.4, -0.2) is 25.4 Å². The van der Waals surface area contributed by atoms with Crippen LogP contribution < -0.4 is 10.3 Å². The molecule has 0 saturated carbocycles. The predicted molar refractivity (Wildman–Crippen MR) is 103 cm³/mol. The third-order valence-electron chi connectivity index (χ3n) is 5.14. The van der Waals surface area contributed by atoms with E-state index in [1.165, 1.54) is 0 Å². The number of carbonyl (C=O) groups excluding carboxylic acids is 1. The largest absolute Gasteiger partial charge is 0.508 e. The summed E-state index contributed by atoms with van der Waals surface area (Å²) in [4.78, 5) is 25.4. The highest BCUT2D eigenvalue weighted by Gasteiger charge is 2.33. The normalized spacial score (nSPS) is 15.9. The monoisotopic (exact) mass is 379 g/mol. The van der Waals surface area contributed by atoms with Crippen LogP contribution >= 0.6 is 0 Å². The van der Waals surface area contributed by atoms with Crippen LogP contribution in [-0.2, 0) is 24.8 Å². The SMILES string of the molecule is Cc1cc2c(c(=O)n1CCc1ccc(O)cc1)[C@H](c1cnn(C)c1)CC(=O)O2. The zero-order valence-corrected chi connectivity index (χ0v) is 15.8. The second-order valence-corrected chi connectivity index (χ2v) is 7.12. The quantitative estimate of drug-likeness (QED) is 0.703. The van der Waals surface area contributed by atoms with Crippen molar-refractivity contribution in [3.63, 3.8) is 0 Å². The van der Waals surface area contributed by atoms with Gasteiger partial charge in [-0.05, 0) is 36.6 Å². The number of hydrogen-bond donors (Lipinski definition) is 1. The molecule has 3 aromatic rings. The summed E-state index contributed by atoms with van der Waals surface area (Å²) >= 11 is 0. The summed E-state index contributed by atoms with van der Waals surface area (Å²) in [7, 11) is 1.80. The molecule has 7 nitrogen and oxygen atoms in total. The molecule has 7 heteroatoms. The maximum absolute atomic E-state index is 13.3. The minimum Gasteiger partial charge on any atom is -0.508 e. The maximum Gasteiger partial charge on any atom is 0.312 e. The number of aryl methyl sites for hydroxylation is 3. The molecular formula is C21H21N3O4. The van der Waals surface area contributed by atoms with Gasteiger partial charge in [0.05, 0.1) is 18.2 Å². The zero-order valence-electron chi connectivity index (χ0n) is 15.8. The van der Waals surface area contributed by atoms with Crippen LogP contribution in [0.15, 0.2) is 47.5 Å². The van der Waals surface area contributed by atoms with E-state index >= 15 is 0 Å². The Kier molecular flexibility index (Phi) is 4.50. The van der Waals surface area contributed by atoms with Gasteiger partial charge in [0, 0.05) is 37.5 Å². The van der Waals surface area contributed by atoms with Crippen molar-refractivity contribution in [1.29, 1.82) is 0 Å². The number of carbonyl (C=O) groups is 1. The first-order chi connectivity index (χ1) is 13.4. The van der Waals surface area contributed by atoms with Gasteiger partial charge in [0.2, 0.25) is 0 Å². The molecule has 0 bridgehead atoms. The second-order valence-electron chi connectivity index (χ2n) is 7.12. The van der Waals surface area contributed by atoms with Gasteiger partial charge in [-0.2, -0.15) is 5.10 Å². The number of rotatable bonds is 4. The molecule has 1 atom stereocenters. The van der Waals surface area contributed by atoms with E-state index in [1.54, 1.807) is 40.7 Å². The van der Waals surface area contributed by atoms with Gasteiger partial charge in [-0.15, -0.1) is 0 Å². The average molecular weight is 379 g/mol. The van der Waals surface area contributed by atoms with E-state index in [9.17, 15) is 14.7 Å². The molecule has 0 saturated heterocycles. The van der Waals surface area contributed by atoms with Crippen molar-refractivity contribution in [1.82, 2.24) is 14.3 Å². The molecule has 2 aromatic heterocycles. The van der Waals surface area contributed by atoms with Crippen LogP contribution in [0.2, 0.25) is 0 Å². The average Bonchev–Trinajstić information content (AvgIpc) is 3.08. The van der Waals surface area contributed by atoms with Gasteiger partial charge in [0.15, 0.2) is 0 Å². The number of aromatic nitrogens is 3. The molecule has 1 N–H and O–H groups in total. The third-order valence-corrected chi connectivity index (χ3v) is 5.14. The summed E-state index contributed by atoms with van der Waals surface area (Å²) in [6.45, 7) is 2.33. The first-order valence-corrected chi connectivity index (χ1v) is 9.14. The van der Waals surface area contributed by atoms with Crippen molar-refractivity contribution in [2.24, 2.45) is 7.05 Å². The number of fused-ring (bicyclic) bond motifs is 1. The molecule has 0 spiro atoms. The van der Waals surface area contributed by atoms with E-state index in [0.717, 1.165) is 16.8 Å². The van der Waals surface area contributed by atoms with Crippen molar-refractivity contribution >= 4 is 5.97 Å². The van der Waals surface area contributed by atoms with E-state index in [1.807, 2.05) is 25.3 Å². The standard InChI is InChI=1S/C21H21N3O4/c1-13-9-18-20(17(10-19(26)28-18)15-11-22-23(2)12-15)21(27)24(13)8-7-14-3-5-16(25)6-4-14/h3-6,9,11-12,17,25H,7-8,10H2,1-2H3/t17-/m0/s1. The maximum atomic E-state index is 13.3. The Morgan fingerprint density at radius 1 is 1.25 bits per heavy atom. The van der Waals surface area contributed by atoms with E-state index < -0.39 is 0 Å². The lowest BCUT2D eigenvalue weighted by Crippen LogP contribution is -2.33. The van der Waals surface area contributed by atoms with Crippen molar-refractivity contribution < 1.29 is 14.6 Å². The zero-order chi connectivity index (χ0) is 19.8. The Hall–Kier alpha value is -3.35. The number of benzene rings is 1. The molecular weight excluding hydrogens is 358 g/mol. The lowest BCUT2D eigenvalue weighted by atomic mass is 9.88. The highest BCUT2D eigenvalue weighted by molar-refractivity contribution is 5.77. The summed E-state index contributed by atoms with van der Waals surface area (Å²) in [5.74, 6) is -0.152. The highest BCUT2D eigenvalue weighted by atomic mass is 16.5. The van der Waals surface area contributed by atoms with Crippen molar-refractivity contribution in [2.75, 3.05) is 0 Å². The lowest BCUT2D eigenvalue weighted by Gasteiger charge is -2.25. The molecule has 0 unspecified atom stereocenters. The number of aromatic hydroxyl groups is 1. The Labute approximate surface area is 161 Å². The van der Waals surface area contributed by atoms with Gasteiger partial charge in [-0.25, -0.2) is 0 Å². The van der Waals surface area contributed by atoms with Crippen molar-refractivity contribution in [2.45, 2.75) is 32.2 Å². The number of nitrogens with zero attached hydrogens (tertiary/aromatic N) is 3. The van der Waals surface area contributed by atoms with Crippen LogP contribution in [0.25, 0.3) is 0 Å². The minimum atomic E-state index is -0.363. The van der Waals surface area contributed by atoms with Gasteiger partial charge >= 0.3 is 5.97 Å². The van der Waals surface area contributed by atoms with E-state index in [4.69, 9.17) is 4.74 Å². The molecule has 3 heterocycles. The van der Waals surface area contributed by atoms with Crippen molar-refractivity contribution in [3.8, 4) is 11.5 Å². The van der Waals surface area contributed by atoms with Gasteiger partial charge in [0.1, 0.15) is 11.5 Å². The number of ether oxygens (including phenoxy) is 1. The molecule has 0 fully saturated rings. The summed E-state index contributed by atoms with van der Waals surface area (Å²) in [5.41, 5.74) is 2.95. The molecule has 1 aliphatic rings. The molecule has 0 amide bonds. The minimum absolute atomic E-state index is 0.120. The van der Waals surface area contributed by atoms with Crippen LogP contribution in [0.1, 0.15) is 34.7 Å². The Balaban J connectivity index is 1.72. The van der Waals surface area contributed by atoms with Gasteiger partial charge in [-0.3, -0.25) is 14.3 Å².